The number of benzene rings is 1. The fourth-order valence-electron chi connectivity index (χ4n) is 2.90. The molecule has 4 aromatic rings. The maximum atomic E-state index is 12.5. The van der Waals surface area contributed by atoms with Crippen LogP contribution in [0.1, 0.15) is 5.69 Å². The zero-order chi connectivity index (χ0) is 19.0. The number of carboxylic acids is 1. The molecule has 0 aliphatic carbocycles. The number of aliphatic carboxylic acids is 1. The quantitative estimate of drug-likeness (QED) is 0.548. The first-order chi connectivity index (χ1) is 13.1. The van der Waals surface area contributed by atoms with E-state index in [2.05, 4.69) is 20.3 Å². The molecule has 27 heavy (non-hydrogen) atoms. The molecule has 0 saturated heterocycles. The van der Waals surface area contributed by atoms with Crippen molar-refractivity contribution in [2.75, 3.05) is 7.11 Å². The molecule has 0 radical (unpaired) electrons. The van der Waals surface area contributed by atoms with Gasteiger partial charge in [0, 0.05) is 7.11 Å². The fourth-order valence-corrected chi connectivity index (χ4v) is 2.90. The van der Waals surface area contributed by atoms with Crippen molar-refractivity contribution in [2.45, 2.75) is 13.2 Å². The van der Waals surface area contributed by atoms with E-state index in [1.165, 1.54) is 10.8 Å². The second-order valence-electron chi connectivity index (χ2n) is 5.80. The van der Waals surface area contributed by atoms with Crippen LogP contribution in [0, 0.1) is 0 Å². The van der Waals surface area contributed by atoms with Gasteiger partial charge in [-0.05, 0) is 5.56 Å². The minimum Gasteiger partial charge on any atom is -0.480 e. The molecule has 0 fully saturated rings. The van der Waals surface area contributed by atoms with Gasteiger partial charge in [-0.1, -0.05) is 30.3 Å². The van der Waals surface area contributed by atoms with Crippen molar-refractivity contribution in [3.8, 4) is 11.1 Å². The number of ether oxygens (including phenoxy) is 1. The van der Waals surface area contributed by atoms with Crippen LogP contribution in [0.3, 0.4) is 0 Å². The van der Waals surface area contributed by atoms with Crippen LogP contribution in [0.2, 0.25) is 0 Å². The highest BCUT2D eigenvalue weighted by molar-refractivity contribution is 5.83. The van der Waals surface area contributed by atoms with Gasteiger partial charge in [-0.2, -0.15) is 9.61 Å². The minimum atomic E-state index is -1.15. The van der Waals surface area contributed by atoms with E-state index in [4.69, 9.17) is 9.84 Å². The summed E-state index contributed by atoms with van der Waals surface area (Å²) in [6.45, 7) is -0.268. The van der Waals surface area contributed by atoms with Crippen LogP contribution in [-0.4, -0.2) is 47.5 Å². The summed E-state index contributed by atoms with van der Waals surface area (Å²) in [5.74, 6) is -1.15. The van der Waals surface area contributed by atoms with Crippen LogP contribution in [0.4, 0.5) is 0 Å². The summed E-state index contributed by atoms with van der Waals surface area (Å²) in [5.41, 5.74) is 2.23. The summed E-state index contributed by atoms with van der Waals surface area (Å²) >= 11 is 0. The molecule has 0 aliphatic heterocycles. The average Bonchev–Trinajstić information content (AvgIpc) is 3.03. The van der Waals surface area contributed by atoms with Gasteiger partial charge in [-0.15, -0.1) is 10.2 Å². The topological polar surface area (TPSA) is 124 Å². The standard InChI is InChI=1S/C17H14N6O4/c1-27-8-11-13(10-5-3-2-4-6-10)15-20-19-14-16(23(15)21-11)18-9-22(17(14)26)7-12(24)25/h2-6,9H,7-8H2,1H3,(H,24,25). The number of fused-ring (bicyclic) bond motifs is 3. The Kier molecular flexibility index (Phi) is 4.09. The molecule has 0 saturated carbocycles. The van der Waals surface area contributed by atoms with Crippen LogP contribution in [0.25, 0.3) is 27.9 Å². The first-order valence-electron chi connectivity index (χ1n) is 7.99. The molecule has 3 heterocycles. The van der Waals surface area contributed by atoms with Crippen molar-refractivity contribution < 1.29 is 14.6 Å². The lowest BCUT2D eigenvalue weighted by molar-refractivity contribution is -0.137. The molecule has 136 valence electrons. The first-order valence-corrected chi connectivity index (χ1v) is 7.99. The van der Waals surface area contributed by atoms with Crippen molar-refractivity contribution in [1.29, 1.82) is 0 Å². The van der Waals surface area contributed by atoms with Crippen LogP contribution in [0.15, 0.2) is 41.5 Å². The third-order valence-electron chi connectivity index (χ3n) is 4.02. The Morgan fingerprint density at radius 3 is 2.67 bits per heavy atom. The molecular formula is C17H14N6O4. The van der Waals surface area contributed by atoms with Crippen LogP contribution in [0.5, 0.6) is 0 Å². The average molecular weight is 366 g/mol. The SMILES string of the molecule is COCc1nn2c(nnc3c(=O)n(CC(=O)O)cnc32)c1-c1ccccc1. The van der Waals surface area contributed by atoms with Gasteiger partial charge >= 0.3 is 5.97 Å². The van der Waals surface area contributed by atoms with E-state index in [0.29, 0.717) is 11.3 Å². The molecule has 1 N–H and O–H groups in total. The Balaban J connectivity index is 2.02. The normalized spacial score (nSPS) is 11.3. The number of nitrogens with zero attached hydrogens (tertiary/aromatic N) is 6. The van der Waals surface area contributed by atoms with Gasteiger partial charge in [-0.25, -0.2) is 4.98 Å². The van der Waals surface area contributed by atoms with E-state index in [-0.39, 0.29) is 17.8 Å². The van der Waals surface area contributed by atoms with E-state index >= 15 is 0 Å². The Hall–Kier alpha value is -3.66. The van der Waals surface area contributed by atoms with E-state index < -0.39 is 18.1 Å². The molecule has 10 nitrogen and oxygen atoms in total. The second-order valence-corrected chi connectivity index (χ2v) is 5.80. The lowest BCUT2D eigenvalue weighted by atomic mass is 10.1. The molecule has 0 amide bonds. The van der Waals surface area contributed by atoms with Crippen molar-refractivity contribution in [3.05, 3.63) is 52.7 Å². The van der Waals surface area contributed by atoms with E-state index in [1.54, 1.807) is 7.11 Å². The number of aromatic nitrogens is 6. The Morgan fingerprint density at radius 1 is 1.19 bits per heavy atom. The third kappa shape index (κ3) is 2.81. The van der Waals surface area contributed by atoms with Crippen molar-refractivity contribution in [2.24, 2.45) is 0 Å². The Bertz CT molecular complexity index is 1220. The number of hydrogen-bond donors (Lipinski definition) is 1. The number of methoxy groups -OCH3 is 1. The van der Waals surface area contributed by atoms with Crippen LogP contribution in [-0.2, 0) is 22.7 Å². The Morgan fingerprint density at radius 2 is 1.96 bits per heavy atom. The predicted molar refractivity (Wildman–Crippen MR) is 94.1 cm³/mol. The van der Waals surface area contributed by atoms with Gasteiger partial charge in [0.25, 0.3) is 5.56 Å². The molecule has 0 aliphatic rings. The van der Waals surface area contributed by atoms with Crippen LogP contribution >= 0.6 is 0 Å². The van der Waals surface area contributed by atoms with Crippen molar-refractivity contribution >= 4 is 22.8 Å². The number of carbonyl (C=O) groups is 1. The smallest absolute Gasteiger partial charge is 0.323 e. The van der Waals surface area contributed by atoms with Gasteiger partial charge < -0.3 is 9.84 Å². The van der Waals surface area contributed by atoms with E-state index in [9.17, 15) is 9.59 Å². The zero-order valence-electron chi connectivity index (χ0n) is 14.2. The molecule has 4 rings (SSSR count). The molecule has 10 heteroatoms. The summed E-state index contributed by atoms with van der Waals surface area (Å²) in [7, 11) is 1.56. The molecular weight excluding hydrogens is 352 g/mol. The molecule has 0 spiro atoms. The molecule has 0 atom stereocenters. The van der Waals surface area contributed by atoms with Crippen molar-refractivity contribution in [1.82, 2.24) is 29.4 Å². The van der Waals surface area contributed by atoms with Gasteiger partial charge in [0.05, 0.1) is 17.9 Å². The summed E-state index contributed by atoms with van der Waals surface area (Å²) in [5, 5.41) is 21.6. The van der Waals surface area contributed by atoms with Gasteiger partial charge in [-0.3, -0.25) is 14.2 Å². The summed E-state index contributed by atoms with van der Waals surface area (Å²) in [4.78, 5) is 27.6. The molecule has 1 aromatic carbocycles. The first kappa shape index (κ1) is 16.8. The highest BCUT2D eigenvalue weighted by Gasteiger charge is 2.20. The second kappa shape index (κ2) is 6.57. The summed E-state index contributed by atoms with van der Waals surface area (Å²) in [6, 6.07) is 9.53. The van der Waals surface area contributed by atoms with Gasteiger partial charge in [0.15, 0.2) is 16.8 Å². The highest BCUT2D eigenvalue weighted by atomic mass is 16.5. The number of carboxylic acid groups (broad SMARTS) is 1. The summed E-state index contributed by atoms with van der Waals surface area (Å²) in [6.07, 6.45) is 1.17. The largest absolute Gasteiger partial charge is 0.480 e. The van der Waals surface area contributed by atoms with E-state index in [1.807, 2.05) is 30.3 Å². The molecule has 0 unspecified atom stereocenters. The van der Waals surface area contributed by atoms with Crippen molar-refractivity contribution in [3.63, 3.8) is 0 Å². The lowest BCUT2D eigenvalue weighted by Gasteiger charge is -2.04. The third-order valence-corrected chi connectivity index (χ3v) is 4.02. The van der Waals surface area contributed by atoms with E-state index in [0.717, 1.165) is 15.7 Å². The lowest BCUT2D eigenvalue weighted by Crippen LogP contribution is -2.26. The number of hydrogen-bond acceptors (Lipinski definition) is 7. The predicted octanol–water partition coefficient (Wildman–Crippen LogP) is 0.732. The maximum Gasteiger partial charge on any atom is 0.323 e. The molecule has 3 aromatic heterocycles. The fraction of sp³-hybridized carbons (Fsp3) is 0.176. The number of rotatable bonds is 5. The minimum absolute atomic E-state index is 0.0580. The maximum absolute atomic E-state index is 12.5. The highest BCUT2D eigenvalue weighted by Crippen LogP contribution is 2.28. The molecule has 0 bridgehead atoms. The monoisotopic (exact) mass is 366 g/mol. The Labute approximate surface area is 151 Å². The van der Waals surface area contributed by atoms with Crippen LogP contribution < -0.4 is 5.56 Å². The van der Waals surface area contributed by atoms with Gasteiger partial charge in [0.2, 0.25) is 0 Å². The zero-order valence-corrected chi connectivity index (χ0v) is 14.2. The summed E-state index contributed by atoms with van der Waals surface area (Å²) < 4.78 is 7.64. The van der Waals surface area contributed by atoms with Gasteiger partial charge in [0.1, 0.15) is 12.9 Å².